The zero-order valence-corrected chi connectivity index (χ0v) is 10.7. The van der Waals surface area contributed by atoms with E-state index in [1.807, 2.05) is 0 Å². The van der Waals surface area contributed by atoms with Crippen molar-refractivity contribution in [2.24, 2.45) is 5.73 Å². The third-order valence-electron chi connectivity index (χ3n) is 4.28. The molecule has 92 valence electrons. The van der Waals surface area contributed by atoms with E-state index in [1.165, 1.54) is 44.3 Å². The Morgan fingerprint density at radius 1 is 1.18 bits per heavy atom. The van der Waals surface area contributed by atoms with Crippen molar-refractivity contribution in [2.75, 3.05) is 24.5 Å². The van der Waals surface area contributed by atoms with E-state index in [1.54, 1.807) is 16.8 Å². The minimum Gasteiger partial charge on any atom is -0.371 e. The van der Waals surface area contributed by atoms with Crippen molar-refractivity contribution < 1.29 is 0 Å². The van der Waals surface area contributed by atoms with E-state index >= 15 is 0 Å². The van der Waals surface area contributed by atoms with Gasteiger partial charge in [0.1, 0.15) is 0 Å². The predicted octanol–water partition coefficient (Wildman–Crippen LogP) is 2.45. The van der Waals surface area contributed by atoms with E-state index in [9.17, 15) is 0 Å². The Labute approximate surface area is 104 Å². The van der Waals surface area contributed by atoms with Crippen LogP contribution in [0, 0.1) is 0 Å². The van der Waals surface area contributed by atoms with Crippen LogP contribution in [-0.4, -0.2) is 19.6 Å². The van der Waals surface area contributed by atoms with Crippen LogP contribution in [0.25, 0.3) is 0 Å². The fourth-order valence-electron chi connectivity index (χ4n) is 3.25. The summed E-state index contributed by atoms with van der Waals surface area (Å²) < 4.78 is 0. The maximum atomic E-state index is 5.80. The fraction of sp³-hybridized carbons (Fsp3) is 0.600. The second-order valence-corrected chi connectivity index (χ2v) is 5.52. The van der Waals surface area contributed by atoms with Gasteiger partial charge in [-0.3, -0.25) is 0 Å². The van der Waals surface area contributed by atoms with Crippen molar-refractivity contribution >= 4 is 5.69 Å². The summed E-state index contributed by atoms with van der Waals surface area (Å²) in [7, 11) is 0. The van der Waals surface area contributed by atoms with Crippen molar-refractivity contribution in [3.63, 3.8) is 0 Å². The first-order chi connectivity index (χ1) is 8.29. The summed E-state index contributed by atoms with van der Waals surface area (Å²) in [4.78, 5) is 2.59. The van der Waals surface area contributed by atoms with Crippen LogP contribution in [0.5, 0.6) is 0 Å². The van der Waals surface area contributed by atoms with Crippen molar-refractivity contribution in [1.82, 2.24) is 0 Å². The topological polar surface area (TPSA) is 29.3 Å². The van der Waals surface area contributed by atoms with Crippen molar-refractivity contribution in [2.45, 2.75) is 38.5 Å². The Balaban J connectivity index is 2.08. The standard InChI is InChI=1S/C15H22N2/c1-11(10-16)14-8-12-4-2-6-17-7-3-5-13(9-14)15(12)17/h8-9,11H,2-7,10,16H2,1H3. The van der Waals surface area contributed by atoms with Gasteiger partial charge in [0.05, 0.1) is 0 Å². The second kappa shape index (κ2) is 4.34. The molecule has 17 heavy (non-hydrogen) atoms. The third-order valence-corrected chi connectivity index (χ3v) is 4.28. The SMILES string of the molecule is CC(CN)c1cc2c3c(c1)CCCN3CCC2. The lowest BCUT2D eigenvalue weighted by atomic mass is 9.87. The lowest BCUT2D eigenvalue weighted by Gasteiger charge is -2.37. The normalized spacial score (nSPS) is 20.0. The molecule has 2 nitrogen and oxygen atoms in total. The van der Waals surface area contributed by atoms with Gasteiger partial charge in [0.25, 0.3) is 0 Å². The van der Waals surface area contributed by atoms with Gasteiger partial charge in [0, 0.05) is 18.8 Å². The average Bonchev–Trinajstić information content (AvgIpc) is 2.38. The highest BCUT2D eigenvalue weighted by atomic mass is 15.1. The summed E-state index contributed by atoms with van der Waals surface area (Å²) in [6.07, 6.45) is 5.13. The fourth-order valence-corrected chi connectivity index (χ4v) is 3.25. The van der Waals surface area contributed by atoms with E-state index in [-0.39, 0.29) is 0 Å². The van der Waals surface area contributed by atoms with E-state index in [2.05, 4.69) is 24.0 Å². The minimum absolute atomic E-state index is 0.494. The van der Waals surface area contributed by atoms with E-state index < -0.39 is 0 Å². The molecule has 1 aromatic rings. The monoisotopic (exact) mass is 230 g/mol. The Kier molecular flexibility index (Phi) is 2.83. The van der Waals surface area contributed by atoms with E-state index in [4.69, 9.17) is 5.73 Å². The van der Waals surface area contributed by atoms with Crippen LogP contribution >= 0.6 is 0 Å². The number of rotatable bonds is 2. The first-order valence-electron chi connectivity index (χ1n) is 6.90. The molecule has 1 atom stereocenters. The molecule has 2 N–H and O–H groups in total. The van der Waals surface area contributed by atoms with Crippen LogP contribution in [-0.2, 0) is 12.8 Å². The number of aryl methyl sites for hydroxylation is 2. The van der Waals surface area contributed by atoms with Crippen LogP contribution in [0.1, 0.15) is 42.4 Å². The summed E-state index contributed by atoms with van der Waals surface area (Å²) in [5, 5.41) is 0. The second-order valence-electron chi connectivity index (χ2n) is 5.52. The number of nitrogens with two attached hydrogens (primary N) is 1. The number of benzene rings is 1. The molecule has 1 aromatic carbocycles. The largest absolute Gasteiger partial charge is 0.371 e. The maximum Gasteiger partial charge on any atom is 0.0431 e. The highest BCUT2D eigenvalue weighted by Crippen LogP contribution is 2.37. The summed E-state index contributed by atoms with van der Waals surface area (Å²) in [6, 6.07) is 4.82. The number of nitrogens with zero attached hydrogens (tertiary/aromatic N) is 1. The minimum atomic E-state index is 0.494. The highest BCUT2D eigenvalue weighted by Gasteiger charge is 2.24. The Morgan fingerprint density at radius 3 is 2.29 bits per heavy atom. The predicted molar refractivity (Wildman–Crippen MR) is 72.8 cm³/mol. The number of hydrogen-bond acceptors (Lipinski definition) is 2. The summed E-state index contributed by atoms with van der Waals surface area (Å²) >= 11 is 0. The Morgan fingerprint density at radius 2 is 1.76 bits per heavy atom. The highest BCUT2D eigenvalue weighted by molar-refractivity contribution is 5.64. The molecule has 2 aliphatic heterocycles. The molecule has 2 heterocycles. The van der Waals surface area contributed by atoms with Gasteiger partial charge in [0.2, 0.25) is 0 Å². The summed E-state index contributed by atoms with van der Waals surface area (Å²) in [5.74, 6) is 0.494. The van der Waals surface area contributed by atoms with Gasteiger partial charge < -0.3 is 10.6 Å². The van der Waals surface area contributed by atoms with Crippen LogP contribution in [0.2, 0.25) is 0 Å². The zero-order valence-electron chi connectivity index (χ0n) is 10.7. The average molecular weight is 230 g/mol. The van der Waals surface area contributed by atoms with Crippen molar-refractivity contribution in [3.8, 4) is 0 Å². The van der Waals surface area contributed by atoms with Gasteiger partial charge in [-0.2, -0.15) is 0 Å². The summed E-state index contributed by atoms with van der Waals surface area (Å²) in [6.45, 7) is 5.50. The quantitative estimate of drug-likeness (QED) is 0.845. The molecule has 2 heteroatoms. The smallest absolute Gasteiger partial charge is 0.0431 e. The molecule has 0 spiro atoms. The Bertz CT molecular complexity index is 394. The molecular weight excluding hydrogens is 208 g/mol. The number of hydrogen-bond donors (Lipinski definition) is 1. The lowest BCUT2D eigenvalue weighted by molar-refractivity contribution is 0.630. The zero-order chi connectivity index (χ0) is 11.8. The molecular formula is C15H22N2. The van der Waals surface area contributed by atoms with Gasteiger partial charge in [-0.05, 0) is 54.8 Å². The van der Waals surface area contributed by atoms with Gasteiger partial charge in [-0.1, -0.05) is 19.1 Å². The molecule has 0 bridgehead atoms. The van der Waals surface area contributed by atoms with Gasteiger partial charge >= 0.3 is 0 Å². The first-order valence-corrected chi connectivity index (χ1v) is 6.90. The molecule has 0 saturated carbocycles. The molecule has 0 aliphatic carbocycles. The molecule has 2 aliphatic rings. The molecule has 0 saturated heterocycles. The third kappa shape index (κ3) is 1.85. The van der Waals surface area contributed by atoms with Gasteiger partial charge in [-0.25, -0.2) is 0 Å². The molecule has 0 radical (unpaired) electrons. The van der Waals surface area contributed by atoms with E-state index in [0.717, 1.165) is 6.54 Å². The lowest BCUT2D eigenvalue weighted by Crippen LogP contribution is -2.34. The van der Waals surface area contributed by atoms with Crippen LogP contribution in [0.15, 0.2) is 12.1 Å². The summed E-state index contributed by atoms with van der Waals surface area (Å²) in [5.41, 5.74) is 12.0. The van der Waals surface area contributed by atoms with Crippen LogP contribution < -0.4 is 10.6 Å². The first kappa shape index (κ1) is 11.1. The van der Waals surface area contributed by atoms with Crippen molar-refractivity contribution in [1.29, 1.82) is 0 Å². The van der Waals surface area contributed by atoms with Gasteiger partial charge in [0.15, 0.2) is 0 Å². The van der Waals surface area contributed by atoms with Gasteiger partial charge in [-0.15, -0.1) is 0 Å². The molecule has 3 rings (SSSR count). The van der Waals surface area contributed by atoms with Crippen LogP contribution in [0.3, 0.4) is 0 Å². The maximum absolute atomic E-state index is 5.80. The van der Waals surface area contributed by atoms with E-state index in [0.29, 0.717) is 5.92 Å². The molecule has 0 amide bonds. The molecule has 0 fully saturated rings. The number of anilines is 1. The molecule has 0 aromatic heterocycles. The Hall–Kier alpha value is -1.02. The molecule has 1 unspecified atom stereocenters. The van der Waals surface area contributed by atoms with Crippen LogP contribution in [0.4, 0.5) is 5.69 Å². The van der Waals surface area contributed by atoms with Crippen molar-refractivity contribution in [3.05, 3.63) is 28.8 Å².